The zero-order valence-corrected chi connectivity index (χ0v) is 25.8. The van der Waals surface area contributed by atoms with Crippen LogP contribution in [-0.2, 0) is 0 Å². The van der Waals surface area contributed by atoms with Gasteiger partial charge in [-0.1, -0.05) is 26.7 Å². The quantitative estimate of drug-likeness (QED) is 0.170. The molecule has 0 aliphatic rings. The number of rotatable bonds is 16. The van der Waals surface area contributed by atoms with Crippen LogP contribution in [0.4, 0.5) is 0 Å². The van der Waals surface area contributed by atoms with Gasteiger partial charge in [-0.3, -0.25) is 10.4 Å². The van der Waals surface area contributed by atoms with Crippen molar-refractivity contribution in [2.75, 3.05) is 6.54 Å². The molecule has 4 nitrogen and oxygen atoms in total. The highest BCUT2D eigenvalue weighted by Crippen LogP contribution is 2.36. The molecule has 0 bridgehead atoms. The third-order valence-electron chi connectivity index (χ3n) is 6.57. The van der Waals surface area contributed by atoms with E-state index in [1.807, 2.05) is 5.01 Å². The van der Waals surface area contributed by atoms with Crippen molar-refractivity contribution in [3.8, 4) is 37.0 Å². The van der Waals surface area contributed by atoms with Gasteiger partial charge in [0.05, 0.1) is 0 Å². The van der Waals surface area contributed by atoms with Gasteiger partial charge in [0.1, 0.15) is 11.6 Å². The lowest BCUT2D eigenvalue weighted by molar-refractivity contribution is 0.107. The Kier molecular flexibility index (Phi) is 11.6. The minimum Gasteiger partial charge on any atom is -0.367 e. The van der Waals surface area contributed by atoms with E-state index in [2.05, 4.69) is 129 Å². The van der Waals surface area contributed by atoms with Crippen LogP contribution in [0, 0.1) is 53.3 Å². The highest BCUT2D eigenvalue weighted by Gasteiger charge is 2.38. The van der Waals surface area contributed by atoms with Gasteiger partial charge in [-0.15, -0.1) is 37.0 Å². The molecule has 0 heterocycles. The normalized spacial score (nSPS) is 12.4. The fraction of sp³-hybridized carbons (Fsp3) is 0.636. The van der Waals surface area contributed by atoms with Crippen molar-refractivity contribution in [1.29, 1.82) is 0 Å². The molecule has 0 rings (SSSR count). The van der Waals surface area contributed by atoms with Crippen LogP contribution in [0.3, 0.4) is 0 Å². The molecule has 37 heavy (non-hydrogen) atoms. The molecule has 0 aliphatic carbocycles. The molecule has 2 N–H and O–H groups in total. The fourth-order valence-electron chi connectivity index (χ4n) is 4.91. The summed E-state index contributed by atoms with van der Waals surface area (Å²) in [5.74, 6) is 10.1. The Morgan fingerprint density at radius 1 is 0.730 bits per heavy atom. The number of allylic oxidation sites excluding steroid dienone is 1. The van der Waals surface area contributed by atoms with E-state index >= 15 is 0 Å². The Labute approximate surface area is 230 Å². The summed E-state index contributed by atoms with van der Waals surface area (Å²) < 4.78 is 0. The summed E-state index contributed by atoms with van der Waals surface area (Å²) in [7, 11) is 0. The SMILES string of the molecule is C#CC(C)(C)CCN(NC(=C)N(C(=C)NC(C)(C)CC(C)(C)C#C)C(C)(C)CC(C)(C)C#C)C(=C)CC. The van der Waals surface area contributed by atoms with Crippen LogP contribution in [0.15, 0.2) is 37.1 Å². The first-order chi connectivity index (χ1) is 16.6. The van der Waals surface area contributed by atoms with Crippen molar-refractivity contribution in [3.63, 3.8) is 0 Å². The van der Waals surface area contributed by atoms with E-state index in [4.69, 9.17) is 19.3 Å². The molecule has 0 saturated carbocycles. The van der Waals surface area contributed by atoms with Gasteiger partial charge in [-0.05, 0) is 94.9 Å². The maximum Gasteiger partial charge on any atom is 0.119 e. The predicted molar refractivity (Wildman–Crippen MR) is 162 cm³/mol. The summed E-state index contributed by atoms with van der Waals surface area (Å²) in [4.78, 5) is 2.11. The molecule has 0 aromatic rings. The maximum absolute atomic E-state index is 5.88. The van der Waals surface area contributed by atoms with Gasteiger partial charge < -0.3 is 10.2 Å². The molecular formula is C33H54N4. The topological polar surface area (TPSA) is 30.5 Å². The van der Waals surface area contributed by atoms with Gasteiger partial charge in [-0.2, -0.15) is 0 Å². The number of hydrogen-bond acceptors (Lipinski definition) is 4. The summed E-state index contributed by atoms with van der Waals surface area (Å²) in [5.41, 5.74) is 2.91. The molecule has 4 heteroatoms. The highest BCUT2D eigenvalue weighted by molar-refractivity contribution is 5.16. The monoisotopic (exact) mass is 506 g/mol. The molecule has 0 saturated heterocycles. The molecule has 0 aliphatic heterocycles. The molecule has 0 aromatic carbocycles. The van der Waals surface area contributed by atoms with E-state index in [0.717, 1.165) is 30.8 Å². The summed E-state index contributed by atoms with van der Waals surface area (Å²) in [6.45, 7) is 37.0. The van der Waals surface area contributed by atoms with Gasteiger partial charge in [0.2, 0.25) is 0 Å². The molecule has 0 fully saturated rings. The predicted octanol–water partition coefficient (Wildman–Crippen LogP) is 7.26. The molecule has 206 valence electrons. The molecule has 0 amide bonds. The van der Waals surface area contributed by atoms with Crippen molar-refractivity contribution < 1.29 is 0 Å². The molecule has 0 unspecified atom stereocenters. The van der Waals surface area contributed by atoms with Gasteiger partial charge in [0.25, 0.3) is 0 Å². The number of hydrazine groups is 1. The largest absolute Gasteiger partial charge is 0.367 e. The first-order valence-electron chi connectivity index (χ1n) is 13.2. The fourth-order valence-corrected chi connectivity index (χ4v) is 4.91. The minimum atomic E-state index is -0.418. The second kappa shape index (κ2) is 12.6. The summed E-state index contributed by atoms with van der Waals surface area (Å²) in [5, 5.41) is 5.67. The number of nitrogens with zero attached hydrogens (tertiary/aromatic N) is 2. The Morgan fingerprint density at radius 3 is 1.62 bits per heavy atom. The van der Waals surface area contributed by atoms with E-state index in [0.29, 0.717) is 18.8 Å². The molecule has 0 aromatic heterocycles. The number of hydrogen-bond donors (Lipinski definition) is 2. The Balaban J connectivity index is 6.29. The lowest BCUT2D eigenvalue weighted by Gasteiger charge is -2.48. The zero-order chi connectivity index (χ0) is 29.5. The van der Waals surface area contributed by atoms with E-state index in [-0.39, 0.29) is 21.8 Å². The smallest absolute Gasteiger partial charge is 0.119 e. The summed E-state index contributed by atoms with van der Waals surface area (Å²) in [6.07, 6.45) is 20.5. The van der Waals surface area contributed by atoms with Gasteiger partial charge in [-0.25, -0.2) is 0 Å². The van der Waals surface area contributed by atoms with Crippen LogP contribution >= 0.6 is 0 Å². The van der Waals surface area contributed by atoms with Crippen molar-refractivity contribution in [3.05, 3.63) is 37.1 Å². The average molecular weight is 507 g/mol. The van der Waals surface area contributed by atoms with E-state index < -0.39 is 5.54 Å². The number of nitrogens with one attached hydrogen (secondary N) is 2. The Hall–Kier alpha value is -2.90. The van der Waals surface area contributed by atoms with Gasteiger partial charge in [0.15, 0.2) is 0 Å². The van der Waals surface area contributed by atoms with E-state index in [1.165, 1.54) is 0 Å². The van der Waals surface area contributed by atoms with Crippen LogP contribution in [0.1, 0.15) is 102 Å². The molecule has 0 spiro atoms. The van der Waals surface area contributed by atoms with Crippen LogP contribution in [0.5, 0.6) is 0 Å². The van der Waals surface area contributed by atoms with Crippen molar-refractivity contribution in [2.24, 2.45) is 16.2 Å². The Bertz CT molecular complexity index is 954. The Morgan fingerprint density at radius 2 is 1.19 bits per heavy atom. The highest BCUT2D eigenvalue weighted by atomic mass is 15.6. The molecule has 0 atom stereocenters. The second-order valence-corrected chi connectivity index (χ2v) is 13.4. The first-order valence-corrected chi connectivity index (χ1v) is 13.2. The van der Waals surface area contributed by atoms with E-state index in [1.54, 1.807) is 0 Å². The van der Waals surface area contributed by atoms with Gasteiger partial charge in [0, 0.05) is 39.6 Å². The van der Waals surface area contributed by atoms with Crippen LogP contribution in [-0.4, -0.2) is 27.5 Å². The number of terminal acetylenes is 3. The van der Waals surface area contributed by atoms with Crippen LogP contribution < -0.4 is 10.7 Å². The van der Waals surface area contributed by atoms with Crippen molar-refractivity contribution in [2.45, 2.75) is 113 Å². The standard InChI is InChI=1S/C33H54N4/c1-18-26(5)36(23-22-29(8,9)19-2)35-28(7)37(33(16,17)25-31(12,13)21-4)27(6)34-32(14,15)24-30(10,11)20-3/h2-4,34-35H,5-7,18,22-25H2,1,8-17H3. The average Bonchev–Trinajstić information content (AvgIpc) is 2.73. The lowest BCUT2D eigenvalue weighted by Crippen LogP contribution is -2.55. The lowest BCUT2D eigenvalue weighted by atomic mass is 9.79. The third-order valence-corrected chi connectivity index (χ3v) is 6.57. The maximum atomic E-state index is 5.88. The van der Waals surface area contributed by atoms with Crippen LogP contribution in [0.25, 0.3) is 0 Å². The van der Waals surface area contributed by atoms with E-state index in [9.17, 15) is 0 Å². The van der Waals surface area contributed by atoms with Crippen molar-refractivity contribution in [1.82, 2.24) is 20.7 Å². The summed E-state index contributed by atoms with van der Waals surface area (Å²) >= 11 is 0. The van der Waals surface area contributed by atoms with Crippen LogP contribution in [0.2, 0.25) is 0 Å². The molecule has 0 radical (unpaired) electrons. The zero-order valence-electron chi connectivity index (χ0n) is 25.8. The molecular weight excluding hydrogens is 452 g/mol. The summed E-state index contributed by atoms with van der Waals surface area (Å²) in [6, 6.07) is 0. The second-order valence-electron chi connectivity index (χ2n) is 13.4. The van der Waals surface area contributed by atoms with Crippen molar-refractivity contribution >= 4 is 0 Å². The third kappa shape index (κ3) is 11.4. The minimum absolute atomic E-state index is 0.232. The first kappa shape index (κ1) is 34.1. The van der Waals surface area contributed by atoms with Gasteiger partial charge >= 0.3 is 0 Å².